The van der Waals surface area contributed by atoms with Gasteiger partial charge in [0.25, 0.3) is 0 Å². The third-order valence-electron chi connectivity index (χ3n) is 2.79. The van der Waals surface area contributed by atoms with Crippen molar-refractivity contribution < 1.29 is 0 Å². The van der Waals surface area contributed by atoms with Crippen LogP contribution in [-0.4, -0.2) is 18.1 Å². The van der Waals surface area contributed by atoms with Crippen LogP contribution in [0.2, 0.25) is 0 Å². The summed E-state index contributed by atoms with van der Waals surface area (Å²) in [5.74, 6) is 2.51. The van der Waals surface area contributed by atoms with E-state index in [-0.39, 0.29) is 0 Å². The predicted octanol–water partition coefficient (Wildman–Crippen LogP) is 3.07. The number of thioether (sulfide) groups is 1. The van der Waals surface area contributed by atoms with E-state index in [9.17, 15) is 0 Å². The Morgan fingerprint density at radius 1 is 1.20 bits per heavy atom. The van der Waals surface area contributed by atoms with Gasteiger partial charge in [0, 0.05) is 11.8 Å². The largest absolute Gasteiger partial charge is 0.309 e. The maximum Gasteiger partial charge on any atom is 0.0412 e. The smallest absolute Gasteiger partial charge is 0.0412 e. The molecule has 15 heavy (non-hydrogen) atoms. The first kappa shape index (κ1) is 11.0. The Hall–Kier alpha value is -0.470. The van der Waals surface area contributed by atoms with Gasteiger partial charge < -0.3 is 5.32 Å². The minimum atomic E-state index is 0.552. The summed E-state index contributed by atoms with van der Waals surface area (Å²) >= 11 is 2.07. The van der Waals surface area contributed by atoms with Crippen LogP contribution in [0.25, 0.3) is 0 Å². The summed E-state index contributed by atoms with van der Waals surface area (Å²) in [6.45, 7) is 5.52. The number of nitrogens with one attached hydrogen (secondary N) is 1. The first-order chi connectivity index (χ1) is 7.25. The number of hydrogen-bond donors (Lipinski definition) is 1. The number of benzene rings is 1. The molecule has 1 aromatic carbocycles. The third kappa shape index (κ3) is 2.99. The normalized spacial score (nSPS) is 22.4. The van der Waals surface area contributed by atoms with Crippen molar-refractivity contribution >= 4 is 11.8 Å². The van der Waals surface area contributed by atoms with Gasteiger partial charge >= 0.3 is 0 Å². The van der Waals surface area contributed by atoms with Crippen molar-refractivity contribution in [3.63, 3.8) is 0 Å². The molecular formula is C13H19NS. The molecule has 0 bridgehead atoms. The van der Waals surface area contributed by atoms with Crippen molar-refractivity contribution in [3.8, 4) is 0 Å². The van der Waals surface area contributed by atoms with Crippen LogP contribution in [-0.2, 0) is 0 Å². The van der Waals surface area contributed by atoms with Gasteiger partial charge in [-0.3, -0.25) is 0 Å². The standard InChI is InChI=1S/C13H19NS/c1-10-6-11(2)8-12(7-10)13-9-15-5-3-4-14-13/h6-8,13-14H,3-5,9H2,1-2H3. The Bertz CT molecular complexity index is 307. The molecule has 0 amide bonds. The van der Waals surface area contributed by atoms with Crippen molar-refractivity contribution in [1.29, 1.82) is 0 Å². The highest BCUT2D eigenvalue weighted by Crippen LogP contribution is 2.23. The zero-order valence-electron chi connectivity index (χ0n) is 9.55. The lowest BCUT2D eigenvalue weighted by Crippen LogP contribution is -2.22. The fourth-order valence-corrected chi connectivity index (χ4v) is 3.20. The fourth-order valence-electron chi connectivity index (χ4n) is 2.14. The third-order valence-corrected chi connectivity index (χ3v) is 3.93. The van der Waals surface area contributed by atoms with E-state index in [4.69, 9.17) is 0 Å². The average molecular weight is 221 g/mol. The molecule has 0 aromatic heterocycles. The topological polar surface area (TPSA) is 12.0 Å². The molecule has 1 saturated heterocycles. The molecule has 1 aliphatic heterocycles. The summed E-state index contributed by atoms with van der Waals surface area (Å²) in [5.41, 5.74) is 4.21. The van der Waals surface area contributed by atoms with Crippen LogP contribution in [0, 0.1) is 13.8 Å². The summed E-state index contributed by atoms with van der Waals surface area (Å²) in [6.07, 6.45) is 1.30. The van der Waals surface area contributed by atoms with Crippen molar-refractivity contribution in [3.05, 3.63) is 34.9 Å². The molecule has 1 fully saturated rings. The summed E-state index contributed by atoms with van der Waals surface area (Å²) in [5, 5.41) is 3.63. The maximum absolute atomic E-state index is 3.63. The van der Waals surface area contributed by atoms with E-state index in [1.807, 2.05) is 0 Å². The Morgan fingerprint density at radius 2 is 1.93 bits per heavy atom. The monoisotopic (exact) mass is 221 g/mol. The summed E-state index contributed by atoms with van der Waals surface area (Å²) in [6, 6.07) is 7.43. The van der Waals surface area contributed by atoms with Gasteiger partial charge in [0.1, 0.15) is 0 Å². The Morgan fingerprint density at radius 3 is 2.67 bits per heavy atom. The zero-order chi connectivity index (χ0) is 10.7. The van der Waals surface area contributed by atoms with Crippen LogP contribution in [0.3, 0.4) is 0 Å². The van der Waals surface area contributed by atoms with Gasteiger partial charge in [0.2, 0.25) is 0 Å². The van der Waals surface area contributed by atoms with Gasteiger partial charge in [-0.1, -0.05) is 29.3 Å². The van der Waals surface area contributed by atoms with Crippen molar-refractivity contribution in [2.45, 2.75) is 26.3 Å². The van der Waals surface area contributed by atoms with Gasteiger partial charge in [-0.15, -0.1) is 0 Å². The second-order valence-corrected chi connectivity index (χ2v) is 5.51. The molecule has 1 nitrogen and oxygen atoms in total. The molecule has 0 saturated carbocycles. The predicted molar refractivity (Wildman–Crippen MR) is 68.6 cm³/mol. The average Bonchev–Trinajstić information content (AvgIpc) is 2.43. The molecule has 82 valence electrons. The fraction of sp³-hybridized carbons (Fsp3) is 0.538. The Labute approximate surface area is 96.7 Å². The van der Waals surface area contributed by atoms with E-state index in [0.29, 0.717) is 6.04 Å². The van der Waals surface area contributed by atoms with E-state index < -0.39 is 0 Å². The molecule has 0 radical (unpaired) electrons. The second-order valence-electron chi connectivity index (χ2n) is 4.36. The molecule has 1 aliphatic rings. The van der Waals surface area contributed by atoms with E-state index in [0.717, 1.165) is 6.54 Å². The molecule has 1 atom stereocenters. The highest BCUT2D eigenvalue weighted by Gasteiger charge is 2.13. The van der Waals surface area contributed by atoms with Gasteiger partial charge in [0.05, 0.1) is 0 Å². The molecule has 1 heterocycles. The van der Waals surface area contributed by atoms with E-state index in [1.165, 1.54) is 34.6 Å². The highest BCUT2D eigenvalue weighted by atomic mass is 32.2. The van der Waals surface area contributed by atoms with E-state index in [2.05, 4.69) is 49.1 Å². The SMILES string of the molecule is Cc1cc(C)cc(C2CSCCCN2)c1. The van der Waals surface area contributed by atoms with Gasteiger partial charge in [-0.25, -0.2) is 0 Å². The highest BCUT2D eigenvalue weighted by molar-refractivity contribution is 7.99. The van der Waals surface area contributed by atoms with Crippen LogP contribution in [0.15, 0.2) is 18.2 Å². The maximum atomic E-state index is 3.63. The molecule has 0 aliphatic carbocycles. The van der Waals surface area contributed by atoms with Crippen LogP contribution < -0.4 is 5.32 Å². The molecule has 1 unspecified atom stereocenters. The number of hydrogen-bond acceptors (Lipinski definition) is 2. The molecule has 2 rings (SSSR count). The van der Waals surface area contributed by atoms with E-state index >= 15 is 0 Å². The molecule has 1 aromatic rings. The van der Waals surface area contributed by atoms with Gasteiger partial charge in [-0.2, -0.15) is 11.8 Å². The lowest BCUT2D eigenvalue weighted by molar-refractivity contribution is 0.589. The van der Waals surface area contributed by atoms with Gasteiger partial charge in [0.15, 0.2) is 0 Å². The minimum Gasteiger partial charge on any atom is -0.309 e. The lowest BCUT2D eigenvalue weighted by atomic mass is 10.0. The first-order valence-corrected chi connectivity index (χ1v) is 6.80. The van der Waals surface area contributed by atoms with E-state index in [1.54, 1.807) is 0 Å². The minimum absolute atomic E-state index is 0.552. The molecule has 1 N–H and O–H groups in total. The number of rotatable bonds is 1. The molecule has 0 spiro atoms. The van der Waals surface area contributed by atoms with Crippen molar-refractivity contribution in [2.24, 2.45) is 0 Å². The van der Waals surface area contributed by atoms with Gasteiger partial charge in [-0.05, 0) is 38.1 Å². The first-order valence-electron chi connectivity index (χ1n) is 5.65. The second kappa shape index (κ2) is 5.04. The number of aryl methyl sites for hydroxylation is 2. The lowest BCUT2D eigenvalue weighted by Gasteiger charge is -2.17. The Balaban J connectivity index is 2.19. The van der Waals surface area contributed by atoms with Crippen LogP contribution in [0.5, 0.6) is 0 Å². The van der Waals surface area contributed by atoms with Crippen LogP contribution in [0.4, 0.5) is 0 Å². The van der Waals surface area contributed by atoms with Crippen molar-refractivity contribution in [2.75, 3.05) is 18.1 Å². The Kier molecular flexibility index (Phi) is 3.71. The summed E-state index contributed by atoms with van der Waals surface area (Å²) < 4.78 is 0. The zero-order valence-corrected chi connectivity index (χ0v) is 10.4. The summed E-state index contributed by atoms with van der Waals surface area (Å²) in [7, 11) is 0. The quantitative estimate of drug-likeness (QED) is 0.782. The molecule has 2 heteroatoms. The van der Waals surface area contributed by atoms with Crippen molar-refractivity contribution in [1.82, 2.24) is 5.32 Å². The summed E-state index contributed by atoms with van der Waals surface area (Å²) in [4.78, 5) is 0. The van der Waals surface area contributed by atoms with Crippen LogP contribution in [0.1, 0.15) is 29.2 Å². The van der Waals surface area contributed by atoms with Crippen LogP contribution >= 0.6 is 11.8 Å². The molecular weight excluding hydrogens is 202 g/mol.